The maximum atomic E-state index is 12.3. The predicted molar refractivity (Wildman–Crippen MR) is 78.7 cm³/mol. The molecule has 0 aromatic carbocycles. The predicted octanol–water partition coefficient (Wildman–Crippen LogP) is 2.79. The van der Waals surface area contributed by atoms with Crippen molar-refractivity contribution in [3.63, 3.8) is 0 Å². The lowest BCUT2D eigenvalue weighted by atomic mass is 9.83. The lowest BCUT2D eigenvalue weighted by molar-refractivity contribution is -0.134. The van der Waals surface area contributed by atoms with Gasteiger partial charge in [-0.15, -0.1) is 0 Å². The van der Waals surface area contributed by atoms with E-state index in [-0.39, 0.29) is 0 Å². The average molecular weight is 266 g/mol. The first kappa shape index (κ1) is 14.8. The first-order valence-electron chi connectivity index (χ1n) is 8.09. The Morgan fingerprint density at radius 2 is 1.68 bits per heavy atom. The number of likely N-dealkylation sites (tertiary alicyclic amines) is 1. The van der Waals surface area contributed by atoms with E-state index in [1.165, 1.54) is 12.8 Å². The van der Waals surface area contributed by atoms with Gasteiger partial charge in [0.1, 0.15) is 0 Å². The summed E-state index contributed by atoms with van der Waals surface area (Å²) >= 11 is 0. The van der Waals surface area contributed by atoms with Gasteiger partial charge in [-0.1, -0.05) is 13.8 Å². The fourth-order valence-electron chi connectivity index (χ4n) is 3.58. The summed E-state index contributed by atoms with van der Waals surface area (Å²) in [6.45, 7) is 6.56. The van der Waals surface area contributed by atoms with Crippen LogP contribution in [0.4, 0.5) is 0 Å². The maximum Gasteiger partial charge on any atom is 0.222 e. The molecule has 1 aliphatic carbocycles. The first-order valence-corrected chi connectivity index (χ1v) is 8.09. The highest BCUT2D eigenvalue weighted by molar-refractivity contribution is 5.76. The van der Waals surface area contributed by atoms with Crippen molar-refractivity contribution in [3.8, 4) is 0 Å². The second kappa shape index (κ2) is 6.74. The zero-order valence-corrected chi connectivity index (χ0v) is 12.6. The molecule has 19 heavy (non-hydrogen) atoms. The van der Waals surface area contributed by atoms with Crippen LogP contribution in [-0.2, 0) is 4.79 Å². The molecule has 0 atom stereocenters. The topological polar surface area (TPSA) is 46.3 Å². The Morgan fingerprint density at radius 1 is 1.11 bits per heavy atom. The van der Waals surface area contributed by atoms with Gasteiger partial charge >= 0.3 is 0 Å². The number of amides is 1. The summed E-state index contributed by atoms with van der Waals surface area (Å²) in [4.78, 5) is 14.4. The Hall–Kier alpha value is -0.570. The quantitative estimate of drug-likeness (QED) is 0.854. The number of hydrogen-bond donors (Lipinski definition) is 1. The molecule has 0 radical (unpaired) electrons. The minimum Gasteiger partial charge on any atom is -0.343 e. The molecule has 2 rings (SSSR count). The zero-order valence-electron chi connectivity index (χ0n) is 12.6. The molecule has 1 saturated heterocycles. The summed E-state index contributed by atoms with van der Waals surface area (Å²) in [5.74, 6) is 2.56. The van der Waals surface area contributed by atoms with Crippen LogP contribution in [0.3, 0.4) is 0 Å². The van der Waals surface area contributed by atoms with Gasteiger partial charge in [0.05, 0.1) is 0 Å². The number of carbonyl (C=O) groups excluding carboxylic acids is 1. The Kier molecular flexibility index (Phi) is 5.26. The molecule has 3 nitrogen and oxygen atoms in total. The zero-order chi connectivity index (χ0) is 13.8. The molecule has 2 N–H and O–H groups in total. The monoisotopic (exact) mass is 266 g/mol. The van der Waals surface area contributed by atoms with Gasteiger partial charge < -0.3 is 10.6 Å². The molecule has 0 bridgehead atoms. The minimum atomic E-state index is 0.383. The molecule has 2 aliphatic rings. The lowest BCUT2D eigenvalue weighted by Crippen LogP contribution is -2.40. The van der Waals surface area contributed by atoms with Crippen LogP contribution in [0.1, 0.15) is 58.8 Å². The van der Waals surface area contributed by atoms with Crippen molar-refractivity contribution < 1.29 is 4.79 Å². The normalized spacial score (nSPS) is 29.8. The SMILES string of the molecule is CC(C)C1CCN(C(=O)CC2CCC(N)CC2)CC1. The molecule has 3 heteroatoms. The Morgan fingerprint density at radius 3 is 2.21 bits per heavy atom. The second-order valence-corrected chi connectivity index (χ2v) is 6.95. The third-order valence-corrected chi connectivity index (χ3v) is 5.19. The Bertz CT molecular complexity index is 287. The van der Waals surface area contributed by atoms with Gasteiger partial charge in [-0.05, 0) is 56.3 Å². The highest BCUT2D eigenvalue weighted by Crippen LogP contribution is 2.28. The number of rotatable bonds is 3. The standard InChI is InChI=1S/C16H30N2O/c1-12(2)14-7-9-18(10-8-14)16(19)11-13-3-5-15(17)6-4-13/h12-15H,3-11,17H2,1-2H3. The second-order valence-electron chi connectivity index (χ2n) is 6.95. The van der Waals surface area contributed by atoms with Gasteiger partial charge in [0.15, 0.2) is 0 Å². The van der Waals surface area contributed by atoms with Crippen LogP contribution in [0.15, 0.2) is 0 Å². The van der Waals surface area contributed by atoms with E-state index in [1.807, 2.05) is 0 Å². The molecular weight excluding hydrogens is 236 g/mol. The van der Waals surface area contributed by atoms with Crippen LogP contribution in [0.2, 0.25) is 0 Å². The van der Waals surface area contributed by atoms with Crippen LogP contribution < -0.4 is 5.73 Å². The van der Waals surface area contributed by atoms with Crippen molar-refractivity contribution in [2.24, 2.45) is 23.5 Å². The molecule has 1 aliphatic heterocycles. The van der Waals surface area contributed by atoms with Crippen molar-refractivity contribution >= 4 is 5.91 Å². The van der Waals surface area contributed by atoms with Gasteiger partial charge in [-0.25, -0.2) is 0 Å². The van der Waals surface area contributed by atoms with E-state index in [4.69, 9.17) is 5.73 Å². The van der Waals surface area contributed by atoms with Gasteiger partial charge in [0.2, 0.25) is 5.91 Å². The Balaban J connectivity index is 1.72. The third kappa shape index (κ3) is 4.20. The molecule has 1 heterocycles. The van der Waals surface area contributed by atoms with E-state index in [1.54, 1.807) is 0 Å². The van der Waals surface area contributed by atoms with Crippen molar-refractivity contribution in [2.75, 3.05) is 13.1 Å². The Labute approximate surface area is 117 Å². The summed E-state index contributed by atoms with van der Waals surface area (Å²) in [5.41, 5.74) is 5.92. The molecule has 0 spiro atoms. The highest BCUT2D eigenvalue weighted by atomic mass is 16.2. The number of piperidine rings is 1. The summed E-state index contributed by atoms with van der Waals surface area (Å²) < 4.78 is 0. The summed E-state index contributed by atoms with van der Waals surface area (Å²) in [5, 5.41) is 0. The molecule has 0 aromatic rings. The summed E-state index contributed by atoms with van der Waals surface area (Å²) in [6.07, 6.45) is 7.66. The number of carbonyl (C=O) groups is 1. The third-order valence-electron chi connectivity index (χ3n) is 5.19. The van der Waals surface area contributed by atoms with Crippen molar-refractivity contribution in [1.29, 1.82) is 0 Å². The maximum absolute atomic E-state index is 12.3. The van der Waals surface area contributed by atoms with Crippen LogP contribution in [0, 0.1) is 17.8 Å². The van der Waals surface area contributed by atoms with E-state index >= 15 is 0 Å². The molecule has 1 amide bonds. The highest BCUT2D eigenvalue weighted by Gasteiger charge is 2.27. The fourth-order valence-corrected chi connectivity index (χ4v) is 3.58. The molecule has 1 saturated carbocycles. The van der Waals surface area contributed by atoms with Crippen LogP contribution in [0.5, 0.6) is 0 Å². The summed E-state index contributed by atoms with van der Waals surface area (Å²) in [6, 6.07) is 0.383. The number of hydrogen-bond acceptors (Lipinski definition) is 2. The van der Waals surface area contributed by atoms with Crippen LogP contribution >= 0.6 is 0 Å². The number of nitrogens with two attached hydrogens (primary N) is 1. The average Bonchev–Trinajstić information content (AvgIpc) is 2.41. The van der Waals surface area contributed by atoms with E-state index < -0.39 is 0 Å². The number of nitrogens with zero attached hydrogens (tertiary/aromatic N) is 1. The van der Waals surface area contributed by atoms with Gasteiger partial charge in [-0.2, -0.15) is 0 Å². The fraction of sp³-hybridized carbons (Fsp3) is 0.938. The molecule has 110 valence electrons. The lowest BCUT2D eigenvalue weighted by Gasteiger charge is -2.35. The smallest absolute Gasteiger partial charge is 0.222 e. The van der Waals surface area contributed by atoms with Crippen LogP contribution in [0.25, 0.3) is 0 Å². The molecule has 0 unspecified atom stereocenters. The molecule has 2 fully saturated rings. The van der Waals surface area contributed by atoms with Gasteiger partial charge in [0.25, 0.3) is 0 Å². The van der Waals surface area contributed by atoms with E-state index in [0.29, 0.717) is 17.9 Å². The van der Waals surface area contributed by atoms with Crippen molar-refractivity contribution in [2.45, 2.75) is 64.8 Å². The summed E-state index contributed by atoms with van der Waals surface area (Å²) in [7, 11) is 0. The van der Waals surface area contributed by atoms with E-state index in [2.05, 4.69) is 18.7 Å². The van der Waals surface area contributed by atoms with E-state index in [0.717, 1.165) is 57.0 Å². The largest absolute Gasteiger partial charge is 0.343 e. The van der Waals surface area contributed by atoms with Crippen molar-refractivity contribution in [3.05, 3.63) is 0 Å². The van der Waals surface area contributed by atoms with Gasteiger partial charge in [0, 0.05) is 25.6 Å². The molecular formula is C16H30N2O. The minimum absolute atomic E-state index is 0.383. The van der Waals surface area contributed by atoms with Gasteiger partial charge in [-0.3, -0.25) is 4.79 Å². The van der Waals surface area contributed by atoms with Crippen molar-refractivity contribution in [1.82, 2.24) is 4.90 Å². The van der Waals surface area contributed by atoms with Crippen LogP contribution in [-0.4, -0.2) is 29.9 Å². The first-order chi connectivity index (χ1) is 9.06. The molecule has 0 aromatic heterocycles. The van der Waals surface area contributed by atoms with E-state index in [9.17, 15) is 4.79 Å².